The largest absolute Gasteiger partial charge is 0.327 e. The summed E-state index contributed by atoms with van der Waals surface area (Å²) in [5.74, 6) is 1.33. The van der Waals surface area contributed by atoms with Gasteiger partial charge in [-0.15, -0.1) is 11.6 Å². The van der Waals surface area contributed by atoms with Crippen LogP contribution in [0.1, 0.15) is 12.7 Å². The van der Waals surface area contributed by atoms with Gasteiger partial charge in [0, 0.05) is 11.6 Å². The summed E-state index contributed by atoms with van der Waals surface area (Å²) in [7, 11) is 0. The summed E-state index contributed by atoms with van der Waals surface area (Å²) in [4.78, 5) is 4.42. The predicted molar refractivity (Wildman–Crippen MR) is 60.0 cm³/mol. The number of imidazole rings is 1. The van der Waals surface area contributed by atoms with Crippen molar-refractivity contribution in [1.29, 1.82) is 0 Å². The molecule has 0 aliphatic rings. The van der Waals surface area contributed by atoms with Crippen molar-refractivity contribution in [3.05, 3.63) is 29.0 Å². The molecular formula is C10H10Cl2N2. The van der Waals surface area contributed by atoms with Crippen molar-refractivity contribution in [2.24, 2.45) is 0 Å². The maximum Gasteiger partial charge on any atom is 0.124 e. The summed E-state index contributed by atoms with van der Waals surface area (Å²) < 4.78 is 2.08. The van der Waals surface area contributed by atoms with E-state index in [1.807, 2.05) is 18.2 Å². The van der Waals surface area contributed by atoms with Gasteiger partial charge in [-0.2, -0.15) is 0 Å². The highest BCUT2D eigenvalue weighted by Crippen LogP contribution is 2.21. The van der Waals surface area contributed by atoms with Gasteiger partial charge in [-0.3, -0.25) is 0 Å². The zero-order valence-corrected chi connectivity index (χ0v) is 9.31. The van der Waals surface area contributed by atoms with E-state index in [1.165, 1.54) is 0 Å². The van der Waals surface area contributed by atoms with Gasteiger partial charge in [0.1, 0.15) is 5.82 Å². The Bertz CT molecular complexity index is 462. The summed E-state index contributed by atoms with van der Waals surface area (Å²) in [6.07, 6.45) is 0. The maximum atomic E-state index is 5.93. The molecule has 0 spiro atoms. The van der Waals surface area contributed by atoms with E-state index < -0.39 is 0 Å². The SMILES string of the molecule is CCn1c(CCl)nc2ccc(Cl)cc21. The first-order chi connectivity index (χ1) is 6.76. The van der Waals surface area contributed by atoms with Crippen LogP contribution in [0.4, 0.5) is 0 Å². The highest BCUT2D eigenvalue weighted by Gasteiger charge is 2.08. The lowest BCUT2D eigenvalue weighted by molar-refractivity contribution is 0.747. The number of aromatic nitrogens is 2. The Morgan fingerprint density at radius 1 is 1.43 bits per heavy atom. The van der Waals surface area contributed by atoms with Crippen molar-refractivity contribution in [1.82, 2.24) is 9.55 Å². The second-order valence-electron chi connectivity index (χ2n) is 3.04. The lowest BCUT2D eigenvalue weighted by Gasteiger charge is -2.02. The number of benzene rings is 1. The zero-order chi connectivity index (χ0) is 10.1. The van der Waals surface area contributed by atoms with Gasteiger partial charge in [-0.1, -0.05) is 11.6 Å². The standard InChI is InChI=1S/C10H10Cl2N2/c1-2-14-9-5-7(12)3-4-8(9)13-10(14)6-11/h3-5H,2,6H2,1H3. The molecule has 0 unspecified atom stereocenters. The molecular weight excluding hydrogens is 219 g/mol. The molecule has 0 N–H and O–H groups in total. The third-order valence-corrected chi connectivity index (χ3v) is 2.70. The molecule has 0 saturated carbocycles. The number of nitrogens with zero attached hydrogens (tertiary/aromatic N) is 2. The van der Waals surface area contributed by atoms with Crippen molar-refractivity contribution in [3.8, 4) is 0 Å². The number of rotatable bonds is 2. The van der Waals surface area contributed by atoms with E-state index in [1.54, 1.807) is 0 Å². The van der Waals surface area contributed by atoms with Crippen LogP contribution in [-0.4, -0.2) is 9.55 Å². The van der Waals surface area contributed by atoms with E-state index in [9.17, 15) is 0 Å². The van der Waals surface area contributed by atoms with Crippen LogP contribution in [0.25, 0.3) is 11.0 Å². The first kappa shape index (κ1) is 9.81. The monoisotopic (exact) mass is 228 g/mol. The lowest BCUT2D eigenvalue weighted by Crippen LogP contribution is -1.98. The van der Waals surface area contributed by atoms with Crippen LogP contribution in [0, 0.1) is 0 Å². The van der Waals surface area contributed by atoms with Gasteiger partial charge in [-0.05, 0) is 25.1 Å². The average molecular weight is 229 g/mol. The fourth-order valence-electron chi connectivity index (χ4n) is 1.60. The van der Waals surface area contributed by atoms with E-state index in [0.717, 1.165) is 28.4 Å². The van der Waals surface area contributed by atoms with Crippen molar-refractivity contribution in [3.63, 3.8) is 0 Å². The molecule has 2 nitrogen and oxygen atoms in total. The first-order valence-electron chi connectivity index (χ1n) is 4.47. The fourth-order valence-corrected chi connectivity index (χ4v) is 1.97. The van der Waals surface area contributed by atoms with Gasteiger partial charge in [0.2, 0.25) is 0 Å². The topological polar surface area (TPSA) is 17.8 Å². The molecule has 0 fully saturated rings. The molecule has 0 saturated heterocycles. The molecule has 0 bridgehead atoms. The van der Waals surface area contributed by atoms with Crippen LogP contribution in [0.15, 0.2) is 18.2 Å². The maximum absolute atomic E-state index is 5.93. The van der Waals surface area contributed by atoms with Gasteiger partial charge in [0.15, 0.2) is 0 Å². The molecule has 1 aromatic heterocycles. The Morgan fingerprint density at radius 3 is 2.86 bits per heavy atom. The molecule has 0 radical (unpaired) electrons. The zero-order valence-electron chi connectivity index (χ0n) is 7.80. The Labute approximate surface area is 92.5 Å². The minimum absolute atomic E-state index is 0.431. The molecule has 2 rings (SSSR count). The van der Waals surface area contributed by atoms with Gasteiger partial charge >= 0.3 is 0 Å². The quantitative estimate of drug-likeness (QED) is 0.721. The number of halogens is 2. The normalized spacial score (nSPS) is 11.1. The predicted octanol–water partition coefficient (Wildman–Crippen LogP) is 3.45. The van der Waals surface area contributed by atoms with Crippen molar-refractivity contribution in [2.75, 3.05) is 0 Å². The molecule has 0 amide bonds. The molecule has 1 aromatic carbocycles. The van der Waals surface area contributed by atoms with Gasteiger partial charge in [0.25, 0.3) is 0 Å². The Morgan fingerprint density at radius 2 is 2.21 bits per heavy atom. The second kappa shape index (κ2) is 3.79. The van der Waals surface area contributed by atoms with E-state index in [0.29, 0.717) is 5.88 Å². The minimum atomic E-state index is 0.431. The second-order valence-corrected chi connectivity index (χ2v) is 3.74. The lowest BCUT2D eigenvalue weighted by atomic mass is 10.3. The molecule has 0 atom stereocenters. The van der Waals surface area contributed by atoms with Crippen molar-refractivity contribution < 1.29 is 0 Å². The summed E-state index contributed by atoms with van der Waals surface area (Å²) in [5, 5.41) is 0.730. The summed E-state index contributed by atoms with van der Waals surface area (Å²) in [5.41, 5.74) is 2.00. The number of aryl methyl sites for hydroxylation is 1. The molecule has 0 aliphatic carbocycles. The van der Waals surface area contributed by atoms with Crippen LogP contribution in [-0.2, 0) is 12.4 Å². The van der Waals surface area contributed by atoms with E-state index in [4.69, 9.17) is 23.2 Å². The van der Waals surface area contributed by atoms with E-state index in [-0.39, 0.29) is 0 Å². The molecule has 1 heterocycles. The molecule has 74 valence electrons. The van der Waals surface area contributed by atoms with Crippen LogP contribution in [0.5, 0.6) is 0 Å². The Kier molecular flexibility index (Phi) is 2.66. The van der Waals surface area contributed by atoms with Gasteiger partial charge in [0.05, 0.1) is 16.9 Å². The van der Waals surface area contributed by atoms with Gasteiger partial charge < -0.3 is 4.57 Å². The van der Waals surface area contributed by atoms with Crippen LogP contribution < -0.4 is 0 Å². The summed E-state index contributed by atoms with van der Waals surface area (Å²) in [6.45, 7) is 2.93. The van der Waals surface area contributed by atoms with Crippen molar-refractivity contribution >= 4 is 34.2 Å². The molecule has 0 aliphatic heterocycles. The summed E-state index contributed by atoms with van der Waals surface area (Å²) >= 11 is 11.7. The average Bonchev–Trinajstić information content (AvgIpc) is 2.54. The highest BCUT2D eigenvalue weighted by atomic mass is 35.5. The van der Waals surface area contributed by atoms with E-state index in [2.05, 4.69) is 16.5 Å². The van der Waals surface area contributed by atoms with Gasteiger partial charge in [-0.25, -0.2) is 4.98 Å². The van der Waals surface area contributed by atoms with Crippen LogP contribution in [0.3, 0.4) is 0 Å². The number of hydrogen-bond acceptors (Lipinski definition) is 1. The smallest absolute Gasteiger partial charge is 0.124 e. The number of hydrogen-bond donors (Lipinski definition) is 0. The summed E-state index contributed by atoms with van der Waals surface area (Å²) in [6, 6.07) is 5.68. The first-order valence-corrected chi connectivity index (χ1v) is 5.38. The third kappa shape index (κ3) is 1.49. The van der Waals surface area contributed by atoms with Crippen LogP contribution in [0.2, 0.25) is 5.02 Å². The molecule has 4 heteroatoms. The number of fused-ring (bicyclic) bond motifs is 1. The third-order valence-electron chi connectivity index (χ3n) is 2.23. The van der Waals surface area contributed by atoms with Crippen molar-refractivity contribution in [2.45, 2.75) is 19.3 Å². The Hall–Kier alpha value is -0.730. The molecule has 2 aromatic rings. The van der Waals surface area contributed by atoms with E-state index >= 15 is 0 Å². The highest BCUT2D eigenvalue weighted by molar-refractivity contribution is 6.31. The fraction of sp³-hybridized carbons (Fsp3) is 0.300. The molecule has 14 heavy (non-hydrogen) atoms. The minimum Gasteiger partial charge on any atom is -0.327 e. The van der Waals surface area contributed by atoms with Crippen LogP contribution >= 0.6 is 23.2 Å². The Balaban J connectivity index is 2.74. The number of alkyl halides is 1.